The predicted octanol–water partition coefficient (Wildman–Crippen LogP) is 5.72. The minimum Gasteiger partial charge on any atom is -0.295 e. The van der Waals surface area contributed by atoms with E-state index in [1.165, 1.54) is 5.56 Å². The third-order valence-corrected chi connectivity index (χ3v) is 6.68. The lowest BCUT2D eigenvalue weighted by atomic mass is 10.1. The van der Waals surface area contributed by atoms with Gasteiger partial charge in [0.15, 0.2) is 5.13 Å². The van der Waals surface area contributed by atoms with Crippen LogP contribution in [0.3, 0.4) is 0 Å². The molecule has 31 heavy (non-hydrogen) atoms. The first-order valence-electron chi connectivity index (χ1n) is 10.2. The molecule has 1 amide bonds. The van der Waals surface area contributed by atoms with Crippen molar-refractivity contribution in [2.45, 2.75) is 27.3 Å². The fraction of sp³-hybridized carbons (Fsp3) is 0.160. The van der Waals surface area contributed by atoms with E-state index < -0.39 is 0 Å². The van der Waals surface area contributed by atoms with E-state index >= 15 is 0 Å². The molecule has 5 aromatic rings. The Kier molecular flexibility index (Phi) is 4.79. The zero-order valence-electron chi connectivity index (χ0n) is 17.7. The van der Waals surface area contributed by atoms with Crippen molar-refractivity contribution in [1.82, 2.24) is 14.4 Å². The van der Waals surface area contributed by atoms with Crippen molar-refractivity contribution >= 4 is 38.2 Å². The molecule has 2 aromatic carbocycles. The number of fused-ring (bicyclic) bond motifs is 2. The average molecular weight is 427 g/mol. The number of aromatic nitrogens is 3. The maximum atomic E-state index is 13.9. The highest BCUT2D eigenvalue weighted by Crippen LogP contribution is 2.33. The molecule has 0 saturated carbocycles. The Labute approximate surface area is 184 Å². The van der Waals surface area contributed by atoms with Crippen LogP contribution in [-0.2, 0) is 6.54 Å². The Morgan fingerprint density at radius 2 is 1.74 bits per heavy atom. The summed E-state index contributed by atoms with van der Waals surface area (Å²) in [6.07, 6.45) is 1.88. The molecule has 0 aliphatic heterocycles. The van der Waals surface area contributed by atoms with E-state index in [0.717, 1.165) is 27.0 Å². The second-order valence-electron chi connectivity index (χ2n) is 7.70. The summed E-state index contributed by atoms with van der Waals surface area (Å²) in [5.74, 6) is -0.103. The predicted molar refractivity (Wildman–Crippen MR) is 126 cm³/mol. The van der Waals surface area contributed by atoms with Crippen molar-refractivity contribution in [2.24, 2.45) is 0 Å². The van der Waals surface area contributed by atoms with E-state index in [4.69, 9.17) is 4.98 Å². The molecule has 0 aliphatic rings. The number of benzene rings is 2. The lowest BCUT2D eigenvalue weighted by Gasteiger charge is -2.20. The summed E-state index contributed by atoms with van der Waals surface area (Å²) >= 11 is 1.55. The third kappa shape index (κ3) is 3.39. The smallest absolute Gasteiger partial charge is 0.279 e. The highest BCUT2D eigenvalue weighted by molar-refractivity contribution is 7.22. The monoisotopic (exact) mass is 426 g/mol. The molecule has 0 atom stereocenters. The van der Waals surface area contributed by atoms with Gasteiger partial charge in [-0.05, 0) is 55.7 Å². The highest BCUT2D eigenvalue weighted by atomic mass is 32.1. The number of imidazole rings is 1. The number of hydrogen-bond acceptors (Lipinski definition) is 4. The van der Waals surface area contributed by atoms with Crippen LogP contribution in [0.25, 0.3) is 15.9 Å². The maximum absolute atomic E-state index is 13.9. The molecule has 5 rings (SSSR count). The van der Waals surface area contributed by atoms with E-state index in [9.17, 15) is 4.79 Å². The Morgan fingerprint density at radius 3 is 2.55 bits per heavy atom. The number of carbonyl (C=O) groups is 1. The van der Waals surface area contributed by atoms with Gasteiger partial charge in [0, 0.05) is 6.20 Å². The summed E-state index contributed by atoms with van der Waals surface area (Å²) in [5.41, 5.74) is 6.40. The average Bonchev–Trinajstić information content (AvgIpc) is 3.35. The Morgan fingerprint density at radius 1 is 0.968 bits per heavy atom. The van der Waals surface area contributed by atoms with Gasteiger partial charge >= 0.3 is 0 Å². The number of pyridine rings is 1. The van der Waals surface area contributed by atoms with E-state index in [1.54, 1.807) is 16.2 Å². The topological polar surface area (TPSA) is 50.5 Å². The van der Waals surface area contributed by atoms with Gasteiger partial charge in [0.2, 0.25) is 0 Å². The summed E-state index contributed by atoms with van der Waals surface area (Å²) < 4.78 is 2.94. The molecule has 0 saturated heterocycles. The lowest BCUT2D eigenvalue weighted by molar-refractivity contribution is 0.0979. The van der Waals surface area contributed by atoms with Gasteiger partial charge in [-0.15, -0.1) is 0 Å². The van der Waals surface area contributed by atoms with E-state index in [1.807, 2.05) is 66.1 Å². The molecule has 0 unspecified atom stereocenters. The van der Waals surface area contributed by atoms with E-state index in [2.05, 4.69) is 31.0 Å². The third-order valence-electron chi connectivity index (χ3n) is 5.64. The number of hydrogen-bond donors (Lipinski definition) is 0. The zero-order valence-corrected chi connectivity index (χ0v) is 18.5. The fourth-order valence-corrected chi connectivity index (χ4v) is 4.84. The first-order valence-corrected chi connectivity index (χ1v) is 11.0. The van der Waals surface area contributed by atoms with Crippen molar-refractivity contribution in [2.75, 3.05) is 4.90 Å². The maximum Gasteiger partial charge on any atom is 0.279 e. The Balaban J connectivity index is 1.66. The number of rotatable bonds is 4. The van der Waals surface area contributed by atoms with Crippen LogP contribution in [0.1, 0.15) is 32.9 Å². The molecule has 5 nitrogen and oxygen atoms in total. The number of amides is 1. The molecular formula is C25H22N4OS. The highest BCUT2D eigenvalue weighted by Gasteiger charge is 2.26. The van der Waals surface area contributed by atoms with Crippen molar-refractivity contribution in [3.05, 3.63) is 94.9 Å². The van der Waals surface area contributed by atoms with Crippen molar-refractivity contribution in [3.63, 3.8) is 0 Å². The van der Waals surface area contributed by atoms with Crippen LogP contribution in [0.5, 0.6) is 0 Å². The minimum atomic E-state index is -0.103. The number of anilines is 1. The molecule has 0 aliphatic carbocycles. The normalized spacial score (nSPS) is 11.3. The van der Waals surface area contributed by atoms with Gasteiger partial charge < -0.3 is 0 Å². The summed E-state index contributed by atoms with van der Waals surface area (Å²) in [4.78, 5) is 25.2. The quantitative estimate of drug-likeness (QED) is 0.369. The zero-order chi connectivity index (χ0) is 21.5. The second kappa shape index (κ2) is 7.63. The number of aryl methyl sites for hydroxylation is 3. The number of nitrogens with zero attached hydrogens (tertiary/aromatic N) is 4. The van der Waals surface area contributed by atoms with Gasteiger partial charge in [-0.3, -0.25) is 14.1 Å². The van der Waals surface area contributed by atoms with Crippen LogP contribution in [0, 0.1) is 20.8 Å². The molecular weight excluding hydrogens is 404 g/mol. The number of carbonyl (C=O) groups excluding carboxylic acids is 1. The van der Waals surface area contributed by atoms with Crippen molar-refractivity contribution in [3.8, 4) is 0 Å². The molecule has 0 bridgehead atoms. The summed E-state index contributed by atoms with van der Waals surface area (Å²) in [6, 6.07) is 20.0. The Hall–Kier alpha value is -3.51. The van der Waals surface area contributed by atoms with Crippen LogP contribution >= 0.6 is 11.3 Å². The van der Waals surface area contributed by atoms with E-state index in [0.29, 0.717) is 23.1 Å². The van der Waals surface area contributed by atoms with Crippen LogP contribution < -0.4 is 4.90 Å². The van der Waals surface area contributed by atoms with Crippen molar-refractivity contribution in [1.29, 1.82) is 0 Å². The van der Waals surface area contributed by atoms with Gasteiger partial charge in [0.05, 0.1) is 22.5 Å². The molecule has 154 valence electrons. The van der Waals surface area contributed by atoms with Crippen LogP contribution in [-0.4, -0.2) is 20.3 Å². The SMILES string of the molecule is Cc1ccc2sc(N(Cc3ccccc3)C(=O)c3c(C)nc4ccccn34)nc2c1C. The van der Waals surface area contributed by atoms with Gasteiger partial charge in [-0.2, -0.15) is 0 Å². The Bertz CT molecular complexity index is 1420. The first-order chi connectivity index (χ1) is 15.0. The number of thiazole rings is 1. The van der Waals surface area contributed by atoms with Gasteiger partial charge in [0.25, 0.3) is 5.91 Å². The molecule has 6 heteroatoms. The minimum absolute atomic E-state index is 0.103. The van der Waals surface area contributed by atoms with Gasteiger partial charge in [0.1, 0.15) is 11.3 Å². The second-order valence-corrected chi connectivity index (χ2v) is 8.71. The summed E-state index contributed by atoms with van der Waals surface area (Å²) in [5, 5.41) is 0.697. The largest absolute Gasteiger partial charge is 0.295 e. The molecule has 0 radical (unpaired) electrons. The van der Waals surface area contributed by atoms with Gasteiger partial charge in [-0.25, -0.2) is 9.97 Å². The summed E-state index contributed by atoms with van der Waals surface area (Å²) in [6.45, 7) is 6.49. The molecule has 3 aromatic heterocycles. The lowest BCUT2D eigenvalue weighted by Crippen LogP contribution is -2.31. The fourth-order valence-electron chi connectivity index (χ4n) is 3.82. The van der Waals surface area contributed by atoms with Crippen LogP contribution in [0.4, 0.5) is 5.13 Å². The first kappa shape index (κ1) is 19.5. The molecule has 0 N–H and O–H groups in total. The summed E-state index contributed by atoms with van der Waals surface area (Å²) in [7, 11) is 0. The van der Waals surface area contributed by atoms with E-state index in [-0.39, 0.29) is 5.91 Å². The van der Waals surface area contributed by atoms with Crippen LogP contribution in [0.2, 0.25) is 0 Å². The molecule has 3 heterocycles. The van der Waals surface area contributed by atoms with Crippen molar-refractivity contribution < 1.29 is 4.79 Å². The molecule has 0 spiro atoms. The van der Waals surface area contributed by atoms with Crippen LogP contribution in [0.15, 0.2) is 66.9 Å². The molecule has 0 fully saturated rings. The standard InChI is InChI=1S/C25H22N4OS/c1-16-12-13-20-22(17(16)2)27-25(31-20)29(15-19-9-5-4-6-10-19)24(30)23-18(3)26-21-11-7-8-14-28(21)23/h4-14H,15H2,1-3H3. The van der Waals surface area contributed by atoms with Gasteiger partial charge in [-0.1, -0.05) is 53.8 Å².